The van der Waals surface area contributed by atoms with Crippen LogP contribution in [0.2, 0.25) is 0 Å². The zero-order chi connectivity index (χ0) is 12.5. The lowest BCUT2D eigenvalue weighted by molar-refractivity contribution is 0.0659. The van der Waals surface area contributed by atoms with Crippen LogP contribution < -0.4 is 5.32 Å². The molecule has 0 spiro atoms. The van der Waals surface area contributed by atoms with Crippen molar-refractivity contribution in [3.05, 3.63) is 11.7 Å². The minimum atomic E-state index is -3.21. The minimum absolute atomic E-state index is 0.156. The Morgan fingerprint density at radius 1 is 1.53 bits per heavy atom. The van der Waals surface area contributed by atoms with E-state index < -0.39 is 15.1 Å². The number of aromatic nitrogens is 2. The lowest BCUT2D eigenvalue weighted by Crippen LogP contribution is -2.34. The summed E-state index contributed by atoms with van der Waals surface area (Å²) in [5, 5.41) is 6.09. The van der Waals surface area contributed by atoms with Gasteiger partial charge in [0, 0.05) is 12.8 Å². The minimum Gasteiger partial charge on any atom is -0.378 e. The Labute approximate surface area is 99.5 Å². The molecule has 1 aromatic heterocycles. The fourth-order valence-electron chi connectivity index (χ4n) is 1.47. The molecule has 8 heteroatoms. The van der Waals surface area contributed by atoms with Gasteiger partial charge in [0.2, 0.25) is 5.89 Å². The van der Waals surface area contributed by atoms with Crippen LogP contribution in [0.25, 0.3) is 0 Å². The molecule has 1 N–H and O–H groups in total. The molecule has 1 aliphatic heterocycles. The van der Waals surface area contributed by atoms with E-state index in [1.807, 2.05) is 0 Å². The SMILES string of the molecule is CC(c1noc(C2COCCN2)n1)S(C)(=O)=O. The zero-order valence-corrected chi connectivity index (χ0v) is 10.5. The summed E-state index contributed by atoms with van der Waals surface area (Å²) in [6.45, 7) is 3.35. The summed E-state index contributed by atoms with van der Waals surface area (Å²) in [6, 6.07) is -0.156. The molecule has 0 aliphatic carbocycles. The van der Waals surface area contributed by atoms with Crippen LogP contribution in [0.15, 0.2) is 4.52 Å². The van der Waals surface area contributed by atoms with Gasteiger partial charge in [-0.25, -0.2) is 8.42 Å². The standard InChI is InChI=1S/C9H15N3O4S/c1-6(17(2,13)14)8-11-9(16-12-8)7-5-15-4-3-10-7/h6-7,10H,3-5H2,1-2H3. The normalized spacial score (nSPS) is 23.5. The van der Waals surface area contributed by atoms with Crippen molar-refractivity contribution in [2.45, 2.75) is 18.2 Å². The highest BCUT2D eigenvalue weighted by atomic mass is 32.2. The van der Waals surface area contributed by atoms with E-state index in [1.165, 1.54) is 6.92 Å². The summed E-state index contributed by atoms with van der Waals surface area (Å²) in [5.41, 5.74) is 0. The van der Waals surface area contributed by atoms with Crippen LogP contribution in [0, 0.1) is 0 Å². The molecule has 17 heavy (non-hydrogen) atoms. The van der Waals surface area contributed by atoms with Crippen molar-refractivity contribution in [1.82, 2.24) is 15.5 Å². The van der Waals surface area contributed by atoms with Crippen LogP contribution in [-0.2, 0) is 14.6 Å². The first-order valence-corrected chi connectivity index (χ1v) is 7.27. The van der Waals surface area contributed by atoms with Crippen molar-refractivity contribution in [2.24, 2.45) is 0 Å². The number of morpholine rings is 1. The van der Waals surface area contributed by atoms with Gasteiger partial charge in [0.15, 0.2) is 15.7 Å². The van der Waals surface area contributed by atoms with Gasteiger partial charge in [-0.05, 0) is 6.92 Å². The lowest BCUT2D eigenvalue weighted by Gasteiger charge is -2.20. The van der Waals surface area contributed by atoms with Crippen LogP contribution in [-0.4, -0.2) is 44.6 Å². The molecule has 2 rings (SSSR count). The van der Waals surface area contributed by atoms with Crippen LogP contribution in [0.1, 0.15) is 29.9 Å². The highest BCUT2D eigenvalue weighted by Gasteiger charge is 2.26. The van der Waals surface area contributed by atoms with Crippen molar-refractivity contribution in [2.75, 3.05) is 26.0 Å². The van der Waals surface area contributed by atoms with Gasteiger partial charge in [-0.1, -0.05) is 5.16 Å². The van der Waals surface area contributed by atoms with Crippen LogP contribution in [0.3, 0.4) is 0 Å². The Kier molecular flexibility index (Phi) is 3.45. The molecule has 1 aliphatic rings. The molecule has 2 unspecified atom stereocenters. The Balaban J connectivity index is 2.15. The van der Waals surface area contributed by atoms with Gasteiger partial charge in [-0.2, -0.15) is 4.98 Å². The molecule has 0 bridgehead atoms. The van der Waals surface area contributed by atoms with Gasteiger partial charge < -0.3 is 14.6 Å². The van der Waals surface area contributed by atoms with E-state index in [4.69, 9.17) is 9.26 Å². The number of nitrogens with one attached hydrogen (secondary N) is 1. The van der Waals surface area contributed by atoms with Crippen molar-refractivity contribution < 1.29 is 17.7 Å². The summed E-state index contributed by atoms with van der Waals surface area (Å²) in [6.07, 6.45) is 1.15. The van der Waals surface area contributed by atoms with Crippen molar-refractivity contribution >= 4 is 9.84 Å². The molecule has 1 aromatic rings. The molecule has 96 valence electrons. The second-order valence-electron chi connectivity index (χ2n) is 4.04. The topological polar surface area (TPSA) is 94.3 Å². The van der Waals surface area contributed by atoms with Gasteiger partial charge in [0.1, 0.15) is 11.3 Å². The summed E-state index contributed by atoms with van der Waals surface area (Å²) < 4.78 is 33.0. The van der Waals surface area contributed by atoms with Gasteiger partial charge in [-0.3, -0.25) is 0 Å². The van der Waals surface area contributed by atoms with Gasteiger partial charge >= 0.3 is 0 Å². The quantitative estimate of drug-likeness (QED) is 0.807. The molecule has 1 saturated heterocycles. The molecule has 0 radical (unpaired) electrons. The molecule has 1 fully saturated rings. The maximum absolute atomic E-state index is 11.4. The Morgan fingerprint density at radius 2 is 2.29 bits per heavy atom. The zero-order valence-electron chi connectivity index (χ0n) is 9.71. The molecule has 2 heterocycles. The van der Waals surface area contributed by atoms with E-state index >= 15 is 0 Å². The lowest BCUT2D eigenvalue weighted by atomic mass is 10.3. The van der Waals surface area contributed by atoms with Crippen molar-refractivity contribution in [1.29, 1.82) is 0 Å². The summed E-state index contributed by atoms with van der Waals surface area (Å²) in [5.74, 6) is 0.560. The monoisotopic (exact) mass is 261 g/mol. The number of hydrogen-bond acceptors (Lipinski definition) is 7. The van der Waals surface area contributed by atoms with Gasteiger partial charge in [0.05, 0.1) is 13.2 Å². The van der Waals surface area contributed by atoms with Crippen molar-refractivity contribution in [3.63, 3.8) is 0 Å². The molecule has 0 saturated carbocycles. The fraction of sp³-hybridized carbons (Fsp3) is 0.778. The molecule has 2 atom stereocenters. The Bertz CT molecular complexity index is 478. The maximum atomic E-state index is 11.4. The van der Waals surface area contributed by atoms with E-state index in [1.54, 1.807) is 0 Å². The average Bonchev–Trinajstić information content (AvgIpc) is 2.77. The molecular formula is C9H15N3O4S. The molecule has 0 aromatic carbocycles. The van der Waals surface area contributed by atoms with E-state index in [2.05, 4.69) is 15.5 Å². The number of hydrogen-bond donors (Lipinski definition) is 1. The average molecular weight is 261 g/mol. The highest BCUT2D eigenvalue weighted by Crippen LogP contribution is 2.20. The number of nitrogens with zero attached hydrogens (tertiary/aromatic N) is 2. The molecular weight excluding hydrogens is 246 g/mol. The third-order valence-corrected chi connectivity index (χ3v) is 4.18. The van der Waals surface area contributed by atoms with E-state index in [9.17, 15) is 8.42 Å². The first-order chi connectivity index (χ1) is 7.98. The predicted molar refractivity (Wildman–Crippen MR) is 59.1 cm³/mol. The number of sulfone groups is 1. The summed E-state index contributed by atoms with van der Waals surface area (Å²) in [7, 11) is -3.21. The second kappa shape index (κ2) is 4.71. The molecule has 7 nitrogen and oxygen atoms in total. The van der Waals surface area contributed by atoms with Gasteiger partial charge in [0.25, 0.3) is 0 Å². The highest BCUT2D eigenvalue weighted by molar-refractivity contribution is 7.90. The predicted octanol–water partition coefficient (Wildman–Crippen LogP) is -0.164. The second-order valence-corrected chi connectivity index (χ2v) is 6.41. The fourth-order valence-corrected chi connectivity index (χ4v) is 1.95. The number of rotatable bonds is 3. The van der Waals surface area contributed by atoms with E-state index in [0.717, 1.165) is 6.26 Å². The van der Waals surface area contributed by atoms with E-state index in [0.29, 0.717) is 25.6 Å². The van der Waals surface area contributed by atoms with Crippen LogP contribution in [0.5, 0.6) is 0 Å². The summed E-state index contributed by atoms with van der Waals surface area (Å²) >= 11 is 0. The first kappa shape index (κ1) is 12.5. The van der Waals surface area contributed by atoms with Crippen molar-refractivity contribution in [3.8, 4) is 0 Å². The Morgan fingerprint density at radius 3 is 2.88 bits per heavy atom. The third-order valence-electron chi connectivity index (χ3n) is 2.68. The summed E-state index contributed by atoms with van der Waals surface area (Å²) in [4.78, 5) is 4.10. The van der Waals surface area contributed by atoms with Gasteiger partial charge in [-0.15, -0.1) is 0 Å². The Hall–Kier alpha value is -0.990. The van der Waals surface area contributed by atoms with Crippen LogP contribution >= 0.6 is 0 Å². The first-order valence-electron chi connectivity index (χ1n) is 5.32. The largest absolute Gasteiger partial charge is 0.378 e. The van der Waals surface area contributed by atoms with Crippen LogP contribution in [0.4, 0.5) is 0 Å². The third kappa shape index (κ3) is 2.82. The van der Waals surface area contributed by atoms with E-state index in [-0.39, 0.29) is 11.9 Å². The number of ether oxygens (including phenoxy) is 1. The maximum Gasteiger partial charge on any atom is 0.246 e. The molecule has 0 amide bonds. The smallest absolute Gasteiger partial charge is 0.246 e.